The predicted octanol–water partition coefficient (Wildman–Crippen LogP) is 1.90. The highest BCUT2D eigenvalue weighted by Crippen LogP contribution is 2.30. The lowest BCUT2D eigenvalue weighted by atomic mass is 10.1. The van der Waals surface area contributed by atoms with E-state index in [0.717, 1.165) is 36.3 Å². The monoisotopic (exact) mass is 326 g/mol. The van der Waals surface area contributed by atoms with Crippen molar-refractivity contribution in [1.82, 2.24) is 19.9 Å². The molecular weight excluding hydrogens is 304 g/mol. The Labute approximate surface area is 141 Å². The summed E-state index contributed by atoms with van der Waals surface area (Å²) in [6, 6.07) is 10.1. The fourth-order valence-corrected chi connectivity index (χ4v) is 3.82. The van der Waals surface area contributed by atoms with E-state index in [0.29, 0.717) is 19.6 Å². The van der Waals surface area contributed by atoms with Gasteiger partial charge in [-0.15, -0.1) is 5.10 Å². The third-order valence-electron chi connectivity index (χ3n) is 5.11. The molecule has 126 valence electrons. The second-order valence-electron chi connectivity index (χ2n) is 6.54. The molecule has 0 N–H and O–H groups in total. The molecule has 2 heterocycles. The number of amides is 1. The predicted molar refractivity (Wildman–Crippen MR) is 88.9 cm³/mol. The summed E-state index contributed by atoms with van der Waals surface area (Å²) < 4.78 is 7.58. The molecule has 1 aromatic heterocycles. The van der Waals surface area contributed by atoms with Gasteiger partial charge in [0.1, 0.15) is 0 Å². The van der Waals surface area contributed by atoms with Crippen molar-refractivity contribution in [3.63, 3.8) is 0 Å². The first kappa shape index (κ1) is 15.3. The highest BCUT2D eigenvalue weighted by molar-refractivity contribution is 5.79. The highest BCUT2D eigenvalue weighted by atomic mass is 16.5. The van der Waals surface area contributed by atoms with Crippen LogP contribution in [0.15, 0.2) is 30.3 Å². The van der Waals surface area contributed by atoms with Crippen LogP contribution in [0, 0.1) is 6.92 Å². The van der Waals surface area contributed by atoms with E-state index in [1.165, 1.54) is 0 Å². The van der Waals surface area contributed by atoms with Gasteiger partial charge < -0.3 is 9.64 Å². The zero-order chi connectivity index (χ0) is 16.5. The second-order valence-corrected chi connectivity index (χ2v) is 6.54. The van der Waals surface area contributed by atoms with Gasteiger partial charge in [-0.3, -0.25) is 4.79 Å². The second kappa shape index (κ2) is 6.36. The van der Waals surface area contributed by atoms with Crippen LogP contribution >= 0.6 is 0 Å². The van der Waals surface area contributed by atoms with Gasteiger partial charge in [0.2, 0.25) is 5.91 Å². The molecule has 1 aromatic carbocycles. The lowest BCUT2D eigenvalue weighted by molar-refractivity contribution is -0.143. The fraction of sp³-hybridized carbons (Fsp3) is 0.500. The number of rotatable bonds is 3. The Morgan fingerprint density at radius 3 is 2.96 bits per heavy atom. The van der Waals surface area contributed by atoms with Gasteiger partial charge in [-0.2, -0.15) is 0 Å². The molecule has 2 aliphatic rings. The average molecular weight is 326 g/mol. The first-order valence-electron chi connectivity index (χ1n) is 8.61. The molecule has 4 rings (SSSR count). The van der Waals surface area contributed by atoms with E-state index in [9.17, 15) is 4.79 Å². The number of carbonyl (C=O) groups is 1. The van der Waals surface area contributed by atoms with Crippen LogP contribution in [0.3, 0.4) is 0 Å². The summed E-state index contributed by atoms with van der Waals surface area (Å²) in [6.07, 6.45) is 3.79. The number of aromatic nitrogens is 3. The number of ether oxygens (including phenoxy) is 1. The third-order valence-corrected chi connectivity index (χ3v) is 5.11. The van der Waals surface area contributed by atoms with Crippen LogP contribution < -0.4 is 0 Å². The Bertz CT molecular complexity index is 728. The maximum atomic E-state index is 12.8. The van der Waals surface area contributed by atoms with Crippen molar-refractivity contribution in [2.75, 3.05) is 13.2 Å². The van der Waals surface area contributed by atoms with Crippen LogP contribution in [0.25, 0.3) is 5.69 Å². The van der Waals surface area contributed by atoms with Gasteiger partial charge in [0.15, 0.2) is 0 Å². The van der Waals surface area contributed by atoms with Gasteiger partial charge in [0.25, 0.3) is 0 Å². The topological polar surface area (TPSA) is 60.3 Å². The van der Waals surface area contributed by atoms with Crippen LogP contribution in [0.1, 0.15) is 30.7 Å². The van der Waals surface area contributed by atoms with Crippen molar-refractivity contribution in [1.29, 1.82) is 0 Å². The minimum atomic E-state index is 0.137. The van der Waals surface area contributed by atoms with Gasteiger partial charge in [0, 0.05) is 6.54 Å². The van der Waals surface area contributed by atoms with Crippen LogP contribution in [-0.2, 0) is 16.0 Å². The van der Waals surface area contributed by atoms with Crippen molar-refractivity contribution < 1.29 is 9.53 Å². The first-order valence-corrected chi connectivity index (χ1v) is 8.61. The smallest absolute Gasteiger partial charge is 0.229 e. The molecule has 1 aliphatic heterocycles. The number of morpholine rings is 1. The zero-order valence-electron chi connectivity index (χ0n) is 13.9. The fourth-order valence-electron chi connectivity index (χ4n) is 3.82. The van der Waals surface area contributed by atoms with E-state index in [-0.39, 0.29) is 18.1 Å². The van der Waals surface area contributed by atoms with E-state index in [1.807, 2.05) is 42.2 Å². The van der Waals surface area contributed by atoms with Crippen LogP contribution in [0.2, 0.25) is 0 Å². The summed E-state index contributed by atoms with van der Waals surface area (Å²) >= 11 is 0. The minimum Gasteiger partial charge on any atom is -0.374 e. The largest absolute Gasteiger partial charge is 0.374 e. The van der Waals surface area contributed by atoms with Crippen molar-refractivity contribution in [2.45, 2.75) is 44.8 Å². The van der Waals surface area contributed by atoms with Gasteiger partial charge in [-0.1, -0.05) is 23.4 Å². The van der Waals surface area contributed by atoms with Crippen molar-refractivity contribution in [3.8, 4) is 5.69 Å². The molecule has 1 amide bonds. The number of para-hydroxylation sites is 1. The van der Waals surface area contributed by atoms with E-state index in [1.54, 1.807) is 4.68 Å². The molecule has 24 heavy (non-hydrogen) atoms. The van der Waals surface area contributed by atoms with Crippen molar-refractivity contribution >= 4 is 5.91 Å². The summed E-state index contributed by atoms with van der Waals surface area (Å²) in [5.74, 6) is 0.137. The first-order chi connectivity index (χ1) is 11.7. The standard InChI is InChI=1S/C18H22N4O2/c1-13-15(19-20-22(13)14-6-3-2-4-7-14)12-18(23)21-10-11-24-17-9-5-8-16(17)21/h2-4,6-7,16-17H,5,8-12H2,1H3/t16-,17-/m1/s1. The SMILES string of the molecule is Cc1c(CC(=O)N2CCO[C@@H]3CCC[C@H]32)nnn1-c1ccccc1. The highest BCUT2D eigenvalue weighted by Gasteiger charge is 2.38. The number of hydrogen-bond acceptors (Lipinski definition) is 4. The molecule has 0 unspecified atom stereocenters. The molecule has 2 atom stereocenters. The third kappa shape index (κ3) is 2.71. The molecule has 0 radical (unpaired) electrons. The molecule has 1 saturated heterocycles. The van der Waals surface area contributed by atoms with Crippen LogP contribution in [0.4, 0.5) is 0 Å². The number of carbonyl (C=O) groups excluding carboxylic acids is 1. The molecule has 6 heteroatoms. The molecule has 1 saturated carbocycles. The molecule has 1 aliphatic carbocycles. The Kier molecular flexibility index (Phi) is 4.06. The summed E-state index contributed by atoms with van der Waals surface area (Å²) in [6.45, 7) is 3.29. The minimum absolute atomic E-state index is 0.137. The normalized spacial score (nSPS) is 23.3. The lowest BCUT2D eigenvalue weighted by Gasteiger charge is -2.37. The Morgan fingerprint density at radius 2 is 2.12 bits per heavy atom. The average Bonchev–Trinajstić information content (AvgIpc) is 3.22. The van der Waals surface area contributed by atoms with Gasteiger partial charge in [0.05, 0.1) is 42.2 Å². The van der Waals surface area contributed by atoms with Crippen molar-refractivity contribution in [3.05, 3.63) is 41.7 Å². The van der Waals surface area contributed by atoms with E-state index < -0.39 is 0 Å². The Balaban J connectivity index is 1.51. The molecule has 2 fully saturated rings. The van der Waals surface area contributed by atoms with E-state index in [2.05, 4.69) is 10.3 Å². The molecule has 2 aromatic rings. The summed E-state index contributed by atoms with van der Waals surface area (Å²) in [5, 5.41) is 8.47. The summed E-state index contributed by atoms with van der Waals surface area (Å²) in [5.41, 5.74) is 2.64. The molecule has 6 nitrogen and oxygen atoms in total. The number of fused-ring (bicyclic) bond motifs is 1. The van der Waals surface area contributed by atoms with Gasteiger partial charge in [-0.25, -0.2) is 4.68 Å². The van der Waals surface area contributed by atoms with Gasteiger partial charge >= 0.3 is 0 Å². The Hall–Kier alpha value is -2.21. The number of nitrogens with zero attached hydrogens (tertiary/aromatic N) is 4. The van der Waals surface area contributed by atoms with Gasteiger partial charge in [-0.05, 0) is 38.3 Å². The summed E-state index contributed by atoms with van der Waals surface area (Å²) in [4.78, 5) is 14.8. The van der Waals surface area contributed by atoms with Crippen molar-refractivity contribution in [2.24, 2.45) is 0 Å². The number of benzene rings is 1. The maximum Gasteiger partial charge on any atom is 0.229 e. The quantitative estimate of drug-likeness (QED) is 0.864. The summed E-state index contributed by atoms with van der Waals surface area (Å²) in [7, 11) is 0. The van der Waals surface area contributed by atoms with E-state index >= 15 is 0 Å². The lowest BCUT2D eigenvalue weighted by Crippen LogP contribution is -2.51. The maximum absolute atomic E-state index is 12.8. The molecule has 0 spiro atoms. The zero-order valence-corrected chi connectivity index (χ0v) is 13.9. The molecular formula is C18H22N4O2. The van der Waals surface area contributed by atoms with E-state index in [4.69, 9.17) is 4.74 Å². The van der Waals surface area contributed by atoms with Crippen LogP contribution in [-0.4, -0.2) is 51.1 Å². The molecule has 0 bridgehead atoms. The number of hydrogen-bond donors (Lipinski definition) is 0. The van der Waals surface area contributed by atoms with Crippen LogP contribution in [0.5, 0.6) is 0 Å². The Morgan fingerprint density at radius 1 is 1.29 bits per heavy atom.